The number of nitrogens with zero attached hydrogens (tertiary/aromatic N) is 1. The Balaban J connectivity index is 1.87. The molecule has 0 radical (unpaired) electrons. The second-order valence-corrected chi connectivity index (χ2v) is 6.85. The minimum atomic E-state index is -1.08. The van der Waals surface area contributed by atoms with Gasteiger partial charge in [-0.2, -0.15) is 0 Å². The van der Waals surface area contributed by atoms with Gasteiger partial charge in [0, 0.05) is 0 Å². The number of anilines is 1. The third-order valence-electron chi connectivity index (χ3n) is 4.21. The zero-order valence-electron chi connectivity index (χ0n) is 15.7. The highest BCUT2D eigenvalue weighted by molar-refractivity contribution is 7.80. The highest BCUT2D eigenvalue weighted by Gasteiger charge is 2.34. The van der Waals surface area contributed by atoms with Gasteiger partial charge in [-0.3, -0.25) is 19.8 Å². The molecule has 148 valence electrons. The molecule has 1 saturated heterocycles. The van der Waals surface area contributed by atoms with Crippen LogP contribution in [-0.4, -0.2) is 34.1 Å². The first-order valence-corrected chi connectivity index (χ1v) is 9.15. The molecule has 29 heavy (non-hydrogen) atoms. The van der Waals surface area contributed by atoms with Gasteiger partial charge in [0.2, 0.25) is 0 Å². The number of carboxylic acid groups (broad SMARTS) is 1. The first kappa shape index (κ1) is 20.2. The number of benzene rings is 2. The van der Waals surface area contributed by atoms with E-state index in [9.17, 15) is 14.4 Å². The lowest BCUT2D eigenvalue weighted by molar-refractivity contribution is -0.144. The Kier molecular flexibility index (Phi) is 5.74. The maximum Gasteiger partial charge on any atom is 0.344 e. The summed E-state index contributed by atoms with van der Waals surface area (Å²) in [5, 5.41) is 11.5. The number of hydrogen-bond acceptors (Lipinski definition) is 5. The van der Waals surface area contributed by atoms with Gasteiger partial charge >= 0.3 is 5.97 Å². The Morgan fingerprint density at radius 1 is 1.21 bits per heavy atom. The Bertz CT molecular complexity index is 1030. The molecule has 2 N–H and O–H groups in total. The summed E-state index contributed by atoms with van der Waals surface area (Å²) >= 11 is 5.18. The van der Waals surface area contributed by atoms with Crippen LogP contribution in [0.2, 0.25) is 0 Å². The summed E-state index contributed by atoms with van der Waals surface area (Å²) < 4.78 is 5.27. The van der Waals surface area contributed by atoms with Crippen molar-refractivity contribution in [2.45, 2.75) is 20.0 Å². The van der Waals surface area contributed by atoms with E-state index >= 15 is 0 Å². The van der Waals surface area contributed by atoms with Crippen LogP contribution in [0.5, 0.6) is 5.75 Å². The molecule has 1 heterocycles. The second-order valence-electron chi connectivity index (χ2n) is 6.46. The minimum absolute atomic E-state index is 0.0224. The maximum atomic E-state index is 13.0. The Morgan fingerprint density at radius 2 is 1.90 bits per heavy atom. The van der Waals surface area contributed by atoms with E-state index in [1.165, 1.54) is 17.9 Å². The molecule has 0 aromatic heterocycles. The van der Waals surface area contributed by atoms with Gasteiger partial charge in [0.1, 0.15) is 11.3 Å². The van der Waals surface area contributed by atoms with Crippen LogP contribution in [0.3, 0.4) is 0 Å². The van der Waals surface area contributed by atoms with E-state index in [2.05, 4.69) is 5.32 Å². The molecule has 0 saturated carbocycles. The fraction of sp³-hybridized carbons (Fsp3) is 0.143. The molecule has 2 amide bonds. The standard InChI is InChI=1S/C21H18N2O5S/c1-12-4-3-5-15(10-12)23-19(25)17(18(24)22-21(23)29)11-14-6-8-16(9-7-14)28-13(2)20(26)27/h3-11,13H,1-2H3,(H,26,27)(H,22,24,29)/b17-11+. The van der Waals surface area contributed by atoms with Crippen LogP contribution in [0.15, 0.2) is 54.1 Å². The SMILES string of the molecule is Cc1cccc(N2C(=O)/C(=C/c3ccc(OC(C)C(=O)O)cc3)C(=O)NC2=S)c1. The van der Waals surface area contributed by atoms with Gasteiger partial charge in [-0.1, -0.05) is 24.3 Å². The van der Waals surface area contributed by atoms with Crippen molar-refractivity contribution in [1.82, 2.24) is 5.32 Å². The third kappa shape index (κ3) is 4.49. The smallest absolute Gasteiger partial charge is 0.344 e. The van der Waals surface area contributed by atoms with E-state index < -0.39 is 23.9 Å². The normalized spacial score (nSPS) is 16.6. The Morgan fingerprint density at radius 3 is 2.52 bits per heavy atom. The summed E-state index contributed by atoms with van der Waals surface area (Å²) in [5.41, 5.74) is 2.03. The van der Waals surface area contributed by atoms with Crippen LogP contribution in [-0.2, 0) is 14.4 Å². The van der Waals surface area contributed by atoms with E-state index in [0.717, 1.165) is 5.56 Å². The number of aliphatic carboxylic acids is 1. The molecular weight excluding hydrogens is 392 g/mol. The van der Waals surface area contributed by atoms with Gasteiger partial charge < -0.3 is 9.84 Å². The molecule has 7 nitrogen and oxygen atoms in total. The van der Waals surface area contributed by atoms with E-state index in [-0.39, 0.29) is 10.7 Å². The van der Waals surface area contributed by atoms with Crippen LogP contribution in [0.25, 0.3) is 6.08 Å². The van der Waals surface area contributed by atoms with Crippen molar-refractivity contribution >= 4 is 46.9 Å². The Hall–Kier alpha value is -3.52. The van der Waals surface area contributed by atoms with Crippen LogP contribution in [0.4, 0.5) is 5.69 Å². The van der Waals surface area contributed by atoms with E-state index in [1.807, 2.05) is 13.0 Å². The zero-order valence-corrected chi connectivity index (χ0v) is 16.5. The molecule has 0 spiro atoms. The lowest BCUT2D eigenvalue weighted by Crippen LogP contribution is -2.54. The third-order valence-corrected chi connectivity index (χ3v) is 4.50. The average molecular weight is 410 g/mol. The molecule has 2 aromatic rings. The molecule has 0 bridgehead atoms. The number of ether oxygens (including phenoxy) is 1. The number of carboxylic acids is 1. The van der Waals surface area contributed by atoms with Gasteiger partial charge in [-0.15, -0.1) is 0 Å². The molecule has 1 aliphatic rings. The number of hydrogen-bond donors (Lipinski definition) is 2. The number of carbonyl (C=O) groups excluding carboxylic acids is 2. The molecule has 3 rings (SSSR count). The fourth-order valence-electron chi connectivity index (χ4n) is 2.72. The number of amides is 2. The molecule has 8 heteroatoms. The number of nitrogens with one attached hydrogen (secondary N) is 1. The zero-order chi connectivity index (χ0) is 21.1. The highest BCUT2D eigenvalue weighted by Crippen LogP contribution is 2.23. The number of rotatable bonds is 5. The Labute approximate surface area is 172 Å². The van der Waals surface area contributed by atoms with E-state index in [0.29, 0.717) is 17.0 Å². The fourth-order valence-corrected chi connectivity index (χ4v) is 3.00. The first-order chi connectivity index (χ1) is 13.8. The molecule has 2 aromatic carbocycles. The molecule has 1 unspecified atom stereocenters. The minimum Gasteiger partial charge on any atom is -0.479 e. The van der Waals surface area contributed by atoms with Crippen molar-refractivity contribution in [3.8, 4) is 5.75 Å². The molecule has 1 atom stereocenters. The lowest BCUT2D eigenvalue weighted by atomic mass is 10.1. The van der Waals surface area contributed by atoms with Crippen molar-refractivity contribution in [3.05, 3.63) is 65.2 Å². The monoisotopic (exact) mass is 410 g/mol. The molecular formula is C21H18N2O5S. The van der Waals surface area contributed by atoms with Crippen molar-refractivity contribution in [2.75, 3.05) is 4.90 Å². The topological polar surface area (TPSA) is 95.9 Å². The van der Waals surface area contributed by atoms with Crippen molar-refractivity contribution < 1.29 is 24.2 Å². The largest absolute Gasteiger partial charge is 0.479 e. The van der Waals surface area contributed by atoms with Crippen LogP contribution in [0.1, 0.15) is 18.1 Å². The predicted octanol–water partition coefficient (Wildman–Crippen LogP) is 2.68. The summed E-state index contributed by atoms with van der Waals surface area (Å²) in [6, 6.07) is 13.6. The summed E-state index contributed by atoms with van der Waals surface area (Å²) in [6.45, 7) is 3.32. The number of carbonyl (C=O) groups is 3. The maximum absolute atomic E-state index is 13.0. The van der Waals surface area contributed by atoms with Gasteiger partial charge in [-0.05, 0) is 67.5 Å². The number of thiocarbonyl (C=S) groups is 1. The predicted molar refractivity (Wildman–Crippen MR) is 112 cm³/mol. The lowest BCUT2D eigenvalue weighted by Gasteiger charge is -2.29. The van der Waals surface area contributed by atoms with Crippen molar-refractivity contribution in [2.24, 2.45) is 0 Å². The van der Waals surface area contributed by atoms with Crippen LogP contribution < -0.4 is 15.0 Å². The summed E-state index contributed by atoms with van der Waals surface area (Å²) in [4.78, 5) is 37.5. The van der Waals surface area contributed by atoms with E-state index in [4.69, 9.17) is 22.1 Å². The first-order valence-electron chi connectivity index (χ1n) is 8.74. The van der Waals surface area contributed by atoms with Crippen molar-refractivity contribution in [3.63, 3.8) is 0 Å². The van der Waals surface area contributed by atoms with Gasteiger partial charge in [0.15, 0.2) is 11.2 Å². The number of aryl methyl sites for hydroxylation is 1. The average Bonchev–Trinajstić information content (AvgIpc) is 2.66. The van der Waals surface area contributed by atoms with Gasteiger partial charge in [0.05, 0.1) is 5.69 Å². The van der Waals surface area contributed by atoms with Gasteiger partial charge in [0.25, 0.3) is 11.8 Å². The molecule has 0 aliphatic carbocycles. The quantitative estimate of drug-likeness (QED) is 0.447. The van der Waals surface area contributed by atoms with Crippen LogP contribution >= 0.6 is 12.2 Å². The second kappa shape index (κ2) is 8.24. The summed E-state index contributed by atoms with van der Waals surface area (Å²) in [6.07, 6.45) is 0.459. The molecule has 1 fully saturated rings. The summed E-state index contributed by atoms with van der Waals surface area (Å²) in [5.74, 6) is -1.81. The highest BCUT2D eigenvalue weighted by atomic mass is 32.1. The van der Waals surface area contributed by atoms with E-state index in [1.54, 1.807) is 42.5 Å². The van der Waals surface area contributed by atoms with Crippen LogP contribution in [0, 0.1) is 6.92 Å². The van der Waals surface area contributed by atoms with Gasteiger partial charge in [-0.25, -0.2) is 4.79 Å². The van der Waals surface area contributed by atoms with Crippen molar-refractivity contribution in [1.29, 1.82) is 0 Å². The molecule has 1 aliphatic heterocycles. The summed E-state index contributed by atoms with van der Waals surface area (Å²) in [7, 11) is 0.